The average Bonchev–Trinajstić information content (AvgIpc) is 3.17. The Morgan fingerprint density at radius 3 is 2.35 bits per heavy atom. The Hall–Kier alpha value is -1.79. The molecule has 4 rings (SSSR count). The zero-order valence-electron chi connectivity index (χ0n) is 11.6. The summed E-state index contributed by atoms with van der Waals surface area (Å²) in [5.41, 5.74) is 0. The van der Waals surface area contributed by atoms with Crippen molar-refractivity contribution in [3.8, 4) is 0 Å². The van der Waals surface area contributed by atoms with E-state index in [1.807, 2.05) is 4.52 Å². The van der Waals surface area contributed by atoms with Crippen molar-refractivity contribution < 1.29 is 0 Å². The van der Waals surface area contributed by atoms with Crippen LogP contribution in [0.5, 0.6) is 0 Å². The van der Waals surface area contributed by atoms with Crippen molar-refractivity contribution in [3.63, 3.8) is 0 Å². The molecule has 0 bridgehead atoms. The van der Waals surface area contributed by atoms with E-state index >= 15 is 0 Å². The first kappa shape index (κ1) is 12.0. The fraction of sp³-hybridized carbons (Fsp3) is 0.769. The van der Waals surface area contributed by atoms with Crippen molar-refractivity contribution in [1.29, 1.82) is 0 Å². The molecule has 2 aliphatic rings. The summed E-state index contributed by atoms with van der Waals surface area (Å²) in [6, 6.07) is 0. The number of anilines is 1. The zero-order valence-corrected chi connectivity index (χ0v) is 11.6. The summed E-state index contributed by atoms with van der Waals surface area (Å²) >= 11 is 0. The third kappa shape index (κ3) is 2.01. The molecule has 0 aromatic carbocycles. The molecule has 1 aliphatic carbocycles. The molecule has 1 aliphatic heterocycles. The van der Waals surface area contributed by atoms with Gasteiger partial charge in [-0.15, -0.1) is 25.5 Å². The summed E-state index contributed by atoms with van der Waals surface area (Å²) in [6.07, 6.45) is 8.67. The van der Waals surface area contributed by atoms with Crippen LogP contribution in [0.1, 0.15) is 56.7 Å². The lowest BCUT2D eigenvalue weighted by Crippen LogP contribution is -2.22. The van der Waals surface area contributed by atoms with Crippen molar-refractivity contribution in [1.82, 2.24) is 30.0 Å². The van der Waals surface area contributed by atoms with E-state index in [2.05, 4.69) is 30.4 Å². The summed E-state index contributed by atoms with van der Waals surface area (Å²) in [5.74, 6) is 2.68. The van der Waals surface area contributed by atoms with Gasteiger partial charge in [-0.1, -0.05) is 19.3 Å². The Morgan fingerprint density at radius 2 is 1.55 bits per heavy atom. The van der Waals surface area contributed by atoms with Gasteiger partial charge in [-0.25, -0.2) is 0 Å². The zero-order chi connectivity index (χ0) is 13.4. The van der Waals surface area contributed by atoms with E-state index in [9.17, 15) is 0 Å². The number of aromatic nitrogens is 6. The molecule has 3 heterocycles. The number of nitrogens with zero attached hydrogens (tertiary/aromatic N) is 7. The van der Waals surface area contributed by atoms with Crippen LogP contribution in [0.15, 0.2) is 0 Å². The largest absolute Gasteiger partial charge is 0.338 e. The first-order valence-corrected chi connectivity index (χ1v) is 7.63. The molecule has 1 saturated heterocycles. The van der Waals surface area contributed by atoms with Gasteiger partial charge in [-0.05, 0) is 25.7 Å². The Labute approximate surface area is 117 Å². The molecule has 2 aromatic rings. The Morgan fingerprint density at radius 1 is 0.800 bits per heavy atom. The normalized spacial score (nSPS) is 20.9. The monoisotopic (exact) mass is 273 g/mol. The Balaban J connectivity index is 1.71. The maximum atomic E-state index is 4.64. The summed E-state index contributed by atoms with van der Waals surface area (Å²) < 4.78 is 1.82. The minimum Gasteiger partial charge on any atom is -0.338 e. The van der Waals surface area contributed by atoms with Crippen LogP contribution in [0, 0.1) is 0 Å². The van der Waals surface area contributed by atoms with E-state index in [1.54, 1.807) is 0 Å². The van der Waals surface area contributed by atoms with Crippen LogP contribution in [0.25, 0.3) is 5.78 Å². The number of hydrogen-bond acceptors (Lipinski definition) is 6. The third-order valence-electron chi connectivity index (χ3n) is 4.43. The first-order chi connectivity index (χ1) is 9.92. The van der Waals surface area contributed by atoms with Crippen LogP contribution in [0.4, 0.5) is 5.95 Å². The van der Waals surface area contributed by atoms with Crippen molar-refractivity contribution in [3.05, 3.63) is 5.82 Å². The van der Waals surface area contributed by atoms with Crippen LogP contribution in [0.2, 0.25) is 0 Å². The Bertz CT molecular complexity index is 596. The third-order valence-corrected chi connectivity index (χ3v) is 4.43. The topological polar surface area (TPSA) is 72.1 Å². The molecule has 0 atom stereocenters. The second kappa shape index (κ2) is 4.96. The van der Waals surface area contributed by atoms with Crippen molar-refractivity contribution in [2.75, 3.05) is 18.0 Å². The smallest absolute Gasteiger partial charge is 0.290 e. The van der Waals surface area contributed by atoms with Crippen molar-refractivity contribution >= 4 is 11.7 Å². The molecule has 7 nitrogen and oxygen atoms in total. The van der Waals surface area contributed by atoms with E-state index in [0.717, 1.165) is 18.9 Å². The highest BCUT2D eigenvalue weighted by molar-refractivity contribution is 5.32. The van der Waals surface area contributed by atoms with Gasteiger partial charge < -0.3 is 4.90 Å². The number of hydrogen-bond donors (Lipinski definition) is 0. The Kier molecular flexibility index (Phi) is 2.97. The number of fused-ring (bicyclic) bond motifs is 1. The van der Waals surface area contributed by atoms with Gasteiger partial charge in [-0.2, -0.15) is 4.52 Å². The molecule has 0 spiro atoms. The lowest BCUT2D eigenvalue weighted by Gasteiger charge is -2.19. The molecule has 7 heteroatoms. The quantitative estimate of drug-likeness (QED) is 0.827. The van der Waals surface area contributed by atoms with Crippen molar-refractivity contribution in [2.45, 2.75) is 50.9 Å². The molecular weight excluding hydrogens is 254 g/mol. The molecule has 0 unspecified atom stereocenters. The molecule has 1 saturated carbocycles. The lowest BCUT2D eigenvalue weighted by molar-refractivity contribution is 0.422. The summed E-state index contributed by atoms with van der Waals surface area (Å²) in [5, 5.41) is 21.4. The summed E-state index contributed by atoms with van der Waals surface area (Å²) in [6.45, 7) is 2.04. The van der Waals surface area contributed by atoms with E-state index in [4.69, 9.17) is 0 Å². The molecule has 0 amide bonds. The average molecular weight is 273 g/mol. The molecule has 0 radical (unpaired) electrons. The fourth-order valence-electron chi connectivity index (χ4n) is 3.30. The van der Waals surface area contributed by atoms with Gasteiger partial charge in [0.15, 0.2) is 5.82 Å². The van der Waals surface area contributed by atoms with Gasteiger partial charge in [0, 0.05) is 19.0 Å². The van der Waals surface area contributed by atoms with Crippen molar-refractivity contribution in [2.24, 2.45) is 0 Å². The van der Waals surface area contributed by atoms with Crippen LogP contribution in [0.3, 0.4) is 0 Å². The van der Waals surface area contributed by atoms with Gasteiger partial charge >= 0.3 is 0 Å². The maximum Gasteiger partial charge on any atom is 0.290 e. The van der Waals surface area contributed by atoms with Gasteiger partial charge in [0.2, 0.25) is 0 Å². The van der Waals surface area contributed by atoms with E-state index in [1.165, 1.54) is 44.9 Å². The highest BCUT2D eigenvalue weighted by Crippen LogP contribution is 2.31. The lowest BCUT2D eigenvalue weighted by atomic mass is 9.89. The first-order valence-electron chi connectivity index (χ1n) is 7.63. The standard InChI is InChI=1S/C13H19N7/c1-2-6-10(7-3-1)11-14-15-12-16-17-13(18-20(11)12)19-8-4-5-9-19/h10H,1-9H2. The molecule has 20 heavy (non-hydrogen) atoms. The van der Waals surface area contributed by atoms with Gasteiger partial charge in [0.1, 0.15) is 0 Å². The second-order valence-electron chi connectivity index (χ2n) is 5.80. The molecular formula is C13H19N7. The summed E-state index contributed by atoms with van der Waals surface area (Å²) in [4.78, 5) is 2.19. The van der Waals surface area contributed by atoms with Crippen LogP contribution >= 0.6 is 0 Å². The van der Waals surface area contributed by atoms with Crippen LogP contribution in [-0.2, 0) is 0 Å². The molecule has 106 valence electrons. The summed E-state index contributed by atoms with van der Waals surface area (Å²) in [7, 11) is 0. The highest BCUT2D eigenvalue weighted by Gasteiger charge is 2.23. The van der Waals surface area contributed by atoms with E-state index in [0.29, 0.717) is 17.6 Å². The van der Waals surface area contributed by atoms with E-state index < -0.39 is 0 Å². The highest BCUT2D eigenvalue weighted by atomic mass is 15.5. The molecule has 2 fully saturated rings. The molecule has 2 aromatic heterocycles. The minimum absolute atomic E-state index is 0.474. The fourth-order valence-corrected chi connectivity index (χ4v) is 3.30. The molecule has 0 N–H and O–H groups in total. The van der Waals surface area contributed by atoms with Crippen LogP contribution < -0.4 is 4.90 Å². The number of rotatable bonds is 2. The predicted molar refractivity (Wildman–Crippen MR) is 73.6 cm³/mol. The maximum absolute atomic E-state index is 4.64. The van der Waals surface area contributed by atoms with E-state index in [-0.39, 0.29) is 0 Å². The SMILES string of the molecule is C1CCC(c2nnc3nnc(N4CCCC4)nn23)CC1. The van der Waals surface area contributed by atoms with Gasteiger partial charge in [-0.3, -0.25) is 0 Å². The predicted octanol–water partition coefficient (Wildman–Crippen LogP) is 1.56. The van der Waals surface area contributed by atoms with Gasteiger partial charge in [0.05, 0.1) is 0 Å². The minimum atomic E-state index is 0.474. The van der Waals surface area contributed by atoms with Gasteiger partial charge in [0.25, 0.3) is 11.7 Å². The van der Waals surface area contributed by atoms with Crippen LogP contribution in [-0.4, -0.2) is 43.1 Å². The second-order valence-corrected chi connectivity index (χ2v) is 5.80.